The summed E-state index contributed by atoms with van der Waals surface area (Å²) in [6.07, 6.45) is 12.5. The molecule has 23 heavy (non-hydrogen) atoms. The van der Waals surface area contributed by atoms with Gasteiger partial charge in [0.05, 0.1) is 0 Å². The molecule has 0 bridgehead atoms. The minimum atomic E-state index is 0.812. The predicted octanol–water partition coefficient (Wildman–Crippen LogP) is 3.67. The van der Waals surface area contributed by atoms with Crippen LogP contribution >= 0.6 is 0 Å². The van der Waals surface area contributed by atoms with Crippen molar-refractivity contribution in [2.45, 2.75) is 51.4 Å². The molecular formula is C20H28N3. The molecule has 3 aliphatic rings. The van der Waals surface area contributed by atoms with E-state index in [-0.39, 0.29) is 0 Å². The highest BCUT2D eigenvalue weighted by atomic mass is 15.0. The van der Waals surface area contributed by atoms with E-state index in [1.807, 2.05) is 0 Å². The Morgan fingerprint density at radius 3 is 3.17 bits per heavy atom. The highest BCUT2D eigenvalue weighted by molar-refractivity contribution is 5.53. The van der Waals surface area contributed by atoms with Gasteiger partial charge in [-0.05, 0) is 75.5 Å². The van der Waals surface area contributed by atoms with Crippen molar-refractivity contribution in [1.29, 1.82) is 0 Å². The second-order valence-corrected chi connectivity index (χ2v) is 7.22. The molecule has 0 spiro atoms. The fourth-order valence-electron chi connectivity index (χ4n) is 4.00. The van der Waals surface area contributed by atoms with Crippen LogP contribution < -0.4 is 10.6 Å². The lowest BCUT2D eigenvalue weighted by Gasteiger charge is -2.18. The number of nitrogens with zero attached hydrogens (tertiary/aromatic N) is 1. The van der Waals surface area contributed by atoms with Gasteiger partial charge < -0.3 is 10.6 Å². The Labute approximate surface area is 140 Å². The zero-order valence-corrected chi connectivity index (χ0v) is 14.0. The molecule has 2 heterocycles. The van der Waals surface area contributed by atoms with Crippen LogP contribution in [0.1, 0.15) is 49.8 Å². The first kappa shape index (κ1) is 15.2. The largest absolute Gasteiger partial charge is 0.370 e. The van der Waals surface area contributed by atoms with Crippen molar-refractivity contribution in [2.75, 3.05) is 25.0 Å². The number of anilines is 1. The quantitative estimate of drug-likeness (QED) is 0.755. The molecular weight excluding hydrogens is 282 g/mol. The Hall–Kier alpha value is -1.35. The van der Waals surface area contributed by atoms with Gasteiger partial charge in [-0.25, -0.2) is 4.98 Å². The van der Waals surface area contributed by atoms with Crippen molar-refractivity contribution in [3.05, 3.63) is 41.0 Å². The average Bonchev–Trinajstić information content (AvgIpc) is 3.38. The van der Waals surface area contributed by atoms with Crippen LogP contribution in [-0.2, 0) is 12.8 Å². The number of hydrogen-bond acceptors (Lipinski definition) is 3. The monoisotopic (exact) mass is 310 g/mol. The van der Waals surface area contributed by atoms with E-state index in [2.05, 4.69) is 29.2 Å². The van der Waals surface area contributed by atoms with Crippen LogP contribution in [0.5, 0.6) is 0 Å². The van der Waals surface area contributed by atoms with Crippen LogP contribution in [0.15, 0.2) is 23.3 Å². The van der Waals surface area contributed by atoms with Gasteiger partial charge in [-0.3, -0.25) is 0 Å². The minimum Gasteiger partial charge on any atom is -0.370 e. The molecule has 1 radical (unpaired) electrons. The zero-order chi connectivity index (χ0) is 15.5. The fraction of sp³-hybridized carbons (Fsp3) is 0.600. The summed E-state index contributed by atoms with van der Waals surface area (Å²) < 4.78 is 0. The summed E-state index contributed by atoms with van der Waals surface area (Å²) in [4.78, 5) is 4.78. The third-order valence-electron chi connectivity index (χ3n) is 5.43. The maximum absolute atomic E-state index is 4.78. The third-order valence-corrected chi connectivity index (χ3v) is 5.43. The number of allylic oxidation sites excluding steroid dienone is 1. The molecule has 0 amide bonds. The van der Waals surface area contributed by atoms with Crippen LogP contribution in [0, 0.1) is 12.3 Å². The van der Waals surface area contributed by atoms with E-state index >= 15 is 0 Å². The van der Waals surface area contributed by atoms with Gasteiger partial charge in [0.2, 0.25) is 0 Å². The molecule has 3 nitrogen and oxygen atoms in total. The van der Waals surface area contributed by atoms with Gasteiger partial charge in [-0.2, -0.15) is 0 Å². The van der Waals surface area contributed by atoms with Crippen molar-refractivity contribution in [2.24, 2.45) is 5.92 Å². The molecule has 1 atom stereocenters. The van der Waals surface area contributed by atoms with E-state index < -0.39 is 0 Å². The molecule has 1 aromatic heterocycles. The van der Waals surface area contributed by atoms with Crippen molar-refractivity contribution < 1.29 is 0 Å². The highest BCUT2D eigenvalue weighted by Crippen LogP contribution is 2.45. The molecule has 4 rings (SSSR count). The molecule has 0 fully saturated rings. The molecule has 123 valence electrons. The summed E-state index contributed by atoms with van der Waals surface area (Å²) in [7, 11) is 0. The maximum Gasteiger partial charge on any atom is 0.129 e. The topological polar surface area (TPSA) is 37.0 Å². The van der Waals surface area contributed by atoms with Crippen molar-refractivity contribution in [3.63, 3.8) is 0 Å². The van der Waals surface area contributed by atoms with E-state index in [9.17, 15) is 0 Å². The summed E-state index contributed by atoms with van der Waals surface area (Å²) in [6.45, 7) is 3.39. The first-order valence-electron chi connectivity index (χ1n) is 9.41. The summed E-state index contributed by atoms with van der Waals surface area (Å²) in [6, 6.07) is 4.49. The lowest BCUT2D eigenvalue weighted by molar-refractivity contribution is 0.483. The predicted molar refractivity (Wildman–Crippen MR) is 95.5 cm³/mol. The highest BCUT2D eigenvalue weighted by Gasteiger charge is 2.32. The molecule has 1 aliphatic heterocycles. The molecule has 0 saturated carbocycles. The Morgan fingerprint density at radius 1 is 1.17 bits per heavy atom. The summed E-state index contributed by atoms with van der Waals surface area (Å²) in [5, 5.41) is 7.09. The van der Waals surface area contributed by atoms with Gasteiger partial charge in [0.25, 0.3) is 0 Å². The van der Waals surface area contributed by atoms with E-state index in [0.29, 0.717) is 0 Å². The summed E-state index contributed by atoms with van der Waals surface area (Å²) in [5.41, 5.74) is 5.97. The van der Waals surface area contributed by atoms with Crippen molar-refractivity contribution in [3.8, 4) is 0 Å². The fourth-order valence-corrected chi connectivity index (χ4v) is 4.00. The number of hydrogen-bond donors (Lipinski definition) is 2. The van der Waals surface area contributed by atoms with E-state index in [1.54, 1.807) is 11.1 Å². The third kappa shape index (κ3) is 3.77. The molecule has 0 saturated heterocycles. The standard InChI is InChI=1S/C20H28N3/c1(2-11-21-14-17-6-3-5-16-13-19(16)17)8-18-10-9-15-7-4-12-22-20(15)23-18/h9-10,13,17,21H,1-8,11-12,14H2,(H,22,23). The number of fused-ring (bicyclic) bond motifs is 1. The number of rotatable bonds is 7. The molecule has 1 unspecified atom stereocenters. The summed E-state index contributed by atoms with van der Waals surface area (Å²) >= 11 is 0. The van der Waals surface area contributed by atoms with Gasteiger partial charge in [0.15, 0.2) is 0 Å². The SMILES string of the molecule is [CH]1C2=C1C(CNCCCCc1ccc3c(n1)NCCC3)CCC2. The Balaban J connectivity index is 1.14. The average molecular weight is 310 g/mol. The number of aromatic nitrogens is 1. The first-order chi connectivity index (χ1) is 11.4. The van der Waals surface area contributed by atoms with E-state index in [4.69, 9.17) is 4.98 Å². The normalized spacial score (nSPS) is 22.3. The Bertz CT molecular complexity index is 591. The minimum absolute atomic E-state index is 0.812. The molecule has 3 heteroatoms. The summed E-state index contributed by atoms with van der Waals surface area (Å²) in [5.74, 6) is 1.95. The van der Waals surface area contributed by atoms with E-state index in [1.165, 1.54) is 62.7 Å². The number of pyridine rings is 1. The Kier molecular flexibility index (Phi) is 4.65. The van der Waals surface area contributed by atoms with Crippen molar-refractivity contribution >= 4 is 5.82 Å². The van der Waals surface area contributed by atoms with E-state index in [0.717, 1.165) is 31.2 Å². The zero-order valence-electron chi connectivity index (χ0n) is 14.0. The maximum atomic E-state index is 4.78. The molecule has 2 N–H and O–H groups in total. The molecule has 1 aromatic rings. The number of unbranched alkanes of at least 4 members (excludes halogenated alkanes) is 1. The van der Waals surface area contributed by atoms with Crippen LogP contribution in [0.2, 0.25) is 0 Å². The smallest absolute Gasteiger partial charge is 0.129 e. The second kappa shape index (κ2) is 7.04. The van der Waals surface area contributed by atoms with Crippen LogP contribution in [0.4, 0.5) is 5.82 Å². The number of aryl methyl sites for hydroxylation is 2. The molecule has 2 aliphatic carbocycles. The first-order valence-corrected chi connectivity index (χ1v) is 9.41. The van der Waals surface area contributed by atoms with Crippen LogP contribution in [0.3, 0.4) is 0 Å². The van der Waals surface area contributed by atoms with Gasteiger partial charge in [0, 0.05) is 25.2 Å². The van der Waals surface area contributed by atoms with Crippen molar-refractivity contribution in [1.82, 2.24) is 10.3 Å². The molecule has 0 aromatic carbocycles. The van der Waals surface area contributed by atoms with Gasteiger partial charge >= 0.3 is 0 Å². The van der Waals surface area contributed by atoms with Crippen LogP contribution in [0.25, 0.3) is 0 Å². The number of nitrogens with one attached hydrogen (secondary N) is 2. The van der Waals surface area contributed by atoms with Crippen LogP contribution in [-0.4, -0.2) is 24.6 Å². The second-order valence-electron chi connectivity index (χ2n) is 7.22. The lowest BCUT2D eigenvalue weighted by Crippen LogP contribution is -2.24. The van der Waals surface area contributed by atoms with Gasteiger partial charge in [-0.1, -0.05) is 17.2 Å². The lowest BCUT2D eigenvalue weighted by atomic mass is 9.95. The van der Waals surface area contributed by atoms with Gasteiger partial charge in [-0.15, -0.1) is 0 Å². The Morgan fingerprint density at radius 2 is 2.17 bits per heavy atom. The van der Waals surface area contributed by atoms with Gasteiger partial charge in [0.1, 0.15) is 5.82 Å².